The van der Waals surface area contributed by atoms with Crippen molar-refractivity contribution in [3.63, 3.8) is 0 Å². The molecule has 0 heterocycles. The lowest BCUT2D eigenvalue weighted by atomic mass is 10.2. The van der Waals surface area contributed by atoms with Crippen LogP contribution in [0.3, 0.4) is 0 Å². The Morgan fingerprint density at radius 2 is 2.10 bits per heavy atom. The summed E-state index contributed by atoms with van der Waals surface area (Å²) in [6, 6.07) is 5.53. The van der Waals surface area contributed by atoms with Crippen molar-refractivity contribution in [3.05, 3.63) is 28.2 Å². The molecule has 1 aromatic carbocycles. The van der Waals surface area contributed by atoms with Crippen molar-refractivity contribution in [2.75, 3.05) is 13.2 Å². The van der Waals surface area contributed by atoms with E-state index in [1.807, 2.05) is 19.1 Å². The van der Waals surface area contributed by atoms with E-state index in [0.29, 0.717) is 12.3 Å². The Morgan fingerprint density at radius 3 is 2.70 bits per heavy atom. The van der Waals surface area contributed by atoms with E-state index in [1.54, 1.807) is 13.0 Å². The molecular formula is C14H18BrNO4. The first-order valence-corrected chi connectivity index (χ1v) is 7.09. The molecule has 6 heteroatoms. The number of carbonyl (C=O) groups is 2. The van der Waals surface area contributed by atoms with E-state index in [1.165, 1.54) is 6.92 Å². The van der Waals surface area contributed by atoms with Crippen LogP contribution in [0.1, 0.15) is 19.4 Å². The summed E-state index contributed by atoms with van der Waals surface area (Å²) in [4.78, 5) is 23.0. The molecule has 5 nitrogen and oxygen atoms in total. The maximum Gasteiger partial charge on any atom is 0.344 e. The van der Waals surface area contributed by atoms with Crippen LogP contribution in [-0.2, 0) is 14.3 Å². The molecule has 1 atom stereocenters. The van der Waals surface area contributed by atoms with Crippen LogP contribution in [0.4, 0.5) is 0 Å². The van der Waals surface area contributed by atoms with Crippen molar-refractivity contribution in [1.29, 1.82) is 0 Å². The lowest BCUT2D eigenvalue weighted by Crippen LogP contribution is -2.36. The highest BCUT2D eigenvalue weighted by Gasteiger charge is 2.17. The SMILES string of the molecule is CCNC(=O)[C@@H](C)OC(=O)COc1ccc(C)cc1Br. The zero-order valence-electron chi connectivity index (χ0n) is 11.7. The average molecular weight is 344 g/mol. The van der Waals surface area contributed by atoms with E-state index in [4.69, 9.17) is 9.47 Å². The van der Waals surface area contributed by atoms with Gasteiger partial charge in [0.1, 0.15) is 5.75 Å². The summed E-state index contributed by atoms with van der Waals surface area (Å²) in [5, 5.41) is 2.58. The van der Waals surface area contributed by atoms with Gasteiger partial charge in [0.2, 0.25) is 0 Å². The minimum absolute atomic E-state index is 0.245. The van der Waals surface area contributed by atoms with Gasteiger partial charge in [-0.2, -0.15) is 0 Å². The van der Waals surface area contributed by atoms with Crippen LogP contribution in [-0.4, -0.2) is 31.1 Å². The number of hydrogen-bond acceptors (Lipinski definition) is 4. The van der Waals surface area contributed by atoms with E-state index in [9.17, 15) is 9.59 Å². The van der Waals surface area contributed by atoms with Crippen molar-refractivity contribution in [1.82, 2.24) is 5.32 Å². The van der Waals surface area contributed by atoms with Gasteiger partial charge in [-0.05, 0) is 54.4 Å². The summed E-state index contributed by atoms with van der Waals surface area (Å²) in [7, 11) is 0. The topological polar surface area (TPSA) is 64.6 Å². The van der Waals surface area contributed by atoms with Crippen molar-refractivity contribution in [2.24, 2.45) is 0 Å². The molecule has 0 unspecified atom stereocenters. The Balaban J connectivity index is 2.45. The van der Waals surface area contributed by atoms with Gasteiger partial charge in [0.25, 0.3) is 5.91 Å². The highest BCUT2D eigenvalue weighted by atomic mass is 79.9. The number of aryl methyl sites for hydroxylation is 1. The zero-order chi connectivity index (χ0) is 15.1. The van der Waals surface area contributed by atoms with Crippen LogP contribution in [0.25, 0.3) is 0 Å². The first-order valence-electron chi connectivity index (χ1n) is 6.30. The second-order valence-corrected chi connectivity index (χ2v) is 5.10. The van der Waals surface area contributed by atoms with Gasteiger partial charge in [-0.1, -0.05) is 6.07 Å². The smallest absolute Gasteiger partial charge is 0.344 e. The normalized spacial score (nSPS) is 11.6. The summed E-state index contributed by atoms with van der Waals surface area (Å²) in [6.07, 6.45) is -0.826. The molecule has 0 fully saturated rings. The van der Waals surface area contributed by atoms with Gasteiger partial charge in [-0.25, -0.2) is 4.79 Å². The van der Waals surface area contributed by atoms with E-state index >= 15 is 0 Å². The summed E-state index contributed by atoms with van der Waals surface area (Å²) in [5.74, 6) is -0.355. The van der Waals surface area contributed by atoms with Crippen molar-refractivity contribution >= 4 is 27.8 Å². The lowest BCUT2D eigenvalue weighted by molar-refractivity contribution is -0.156. The molecule has 0 radical (unpaired) electrons. The van der Waals surface area contributed by atoms with Crippen LogP contribution in [0.15, 0.2) is 22.7 Å². The minimum Gasteiger partial charge on any atom is -0.481 e. The number of esters is 1. The number of ether oxygens (including phenoxy) is 2. The highest BCUT2D eigenvalue weighted by Crippen LogP contribution is 2.25. The van der Waals surface area contributed by atoms with Crippen molar-refractivity contribution in [3.8, 4) is 5.75 Å². The molecule has 1 amide bonds. The molecule has 110 valence electrons. The standard InChI is InChI=1S/C14H18BrNO4/c1-4-16-14(18)10(3)20-13(17)8-19-12-6-5-9(2)7-11(12)15/h5-7,10H,4,8H2,1-3H3,(H,16,18)/t10-/m1/s1. The minimum atomic E-state index is -0.826. The fraction of sp³-hybridized carbons (Fsp3) is 0.429. The first kappa shape index (κ1) is 16.5. The number of nitrogens with one attached hydrogen (secondary N) is 1. The number of halogens is 1. The fourth-order valence-corrected chi connectivity index (χ4v) is 2.07. The maximum absolute atomic E-state index is 11.6. The highest BCUT2D eigenvalue weighted by molar-refractivity contribution is 9.10. The predicted molar refractivity (Wildman–Crippen MR) is 78.6 cm³/mol. The Hall–Kier alpha value is -1.56. The average Bonchev–Trinajstić information content (AvgIpc) is 2.37. The van der Waals surface area contributed by atoms with E-state index in [-0.39, 0.29) is 12.5 Å². The number of carbonyl (C=O) groups excluding carboxylic acids is 2. The number of amides is 1. The van der Waals surface area contributed by atoms with Crippen molar-refractivity contribution in [2.45, 2.75) is 26.9 Å². The molecule has 0 aliphatic carbocycles. The third-order valence-corrected chi connectivity index (χ3v) is 3.08. The van der Waals surface area contributed by atoms with Gasteiger partial charge in [0, 0.05) is 6.54 Å². The van der Waals surface area contributed by atoms with Crippen LogP contribution in [0.5, 0.6) is 5.75 Å². The zero-order valence-corrected chi connectivity index (χ0v) is 13.3. The number of likely N-dealkylation sites (N-methyl/N-ethyl adjacent to an activating group) is 1. The van der Waals surface area contributed by atoms with Crippen LogP contribution < -0.4 is 10.1 Å². The molecule has 0 saturated carbocycles. The summed E-state index contributed by atoms with van der Waals surface area (Å²) in [6.45, 7) is 5.52. The Morgan fingerprint density at radius 1 is 1.40 bits per heavy atom. The van der Waals surface area contributed by atoms with Gasteiger partial charge in [-0.3, -0.25) is 4.79 Å². The van der Waals surface area contributed by atoms with Gasteiger partial charge < -0.3 is 14.8 Å². The van der Waals surface area contributed by atoms with Crippen LogP contribution in [0.2, 0.25) is 0 Å². The summed E-state index contributed by atoms with van der Waals surface area (Å²) >= 11 is 3.35. The molecule has 0 bridgehead atoms. The number of benzene rings is 1. The Bertz CT molecular complexity index is 490. The molecule has 20 heavy (non-hydrogen) atoms. The summed E-state index contributed by atoms with van der Waals surface area (Å²) in [5.41, 5.74) is 1.08. The molecule has 0 aliphatic heterocycles. The number of hydrogen-bond donors (Lipinski definition) is 1. The van der Waals surface area contributed by atoms with Crippen molar-refractivity contribution < 1.29 is 19.1 Å². The van der Waals surface area contributed by atoms with E-state index in [2.05, 4.69) is 21.2 Å². The van der Waals surface area contributed by atoms with Crippen LogP contribution >= 0.6 is 15.9 Å². The van der Waals surface area contributed by atoms with E-state index in [0.717, 1.165) is 10.0 Å². The molecule has 1 N–H and O–H groups in total. The number of rotatable bonds is 6. The Kier molecular flexibility index (Phi) is 6.51. The predicted octanol–water partition coefficient (Wildman–Crippen LogP) is 2.20. The second-order valence-electron chi connectivity index (χ2n) is 4.25. The monoisotopic (exact) mass is 343 g/mol. The fourth-order valence-electron chi connectivity index (χ4n) is 1.46. The third kappa shape index (κ3) is 5.21. The molecule has 0 spiro atoms. The van der Waals surface area contributed by atoms with E-state index < -0.39 is 12.1 Å². The van der Waals surface area contributed by atoms with Gasteiger partial charge in [0.15, 0.2) is 12.7 Å². The molecule has 0 saturated heterocycles. The molecule has 1 rings (SSSR count). The molecule has 0 aliphatic rings. The largest absolute Gasteiger partial charge is 0.481 e. The molecular weight excluding hydrogens is 326 g/mol. The lowest BCUT2D eigenvalue weighted by Gasteiger charge is -2.13. The Labute approximate surface area is 126 Å². The summed E-state index contributed by atoms with van der Waals surface area (Å²) < 4.78 is 11.1. The quantitative estimate of drug-likeness (QED) is 0.804. The maximum atomic E-state index is 11.6. The first-order chi connectivity index (χ1) is 9.43. The third-order valence-electron chi connectivity index (χ3n) is 2.46. The van der Waals surface area contributed by atoms with Crippen LogP contribution in [0, 0.1) is 6.92 Å². The second kappa shape index (κ2) is 7.89. The molecule has 0 aromatic heterocycles. The van der Waals surface area contributed by atoms with Gasteiger partial charge >= 0.3 is 5.97 Å². The molecule has 1 aromatic rings. The van der Waals surface area contributed by atoms with Gasteiger partial charge in [0.05, 0.1) is 4.47 Å². The van der Waals surface area contributed by atoms with Gasteiger partial charge in [-0.15, -0.1) is 0 Å².